The fraction of sp³-hybridized carbons (Fsp3) is 0.562. The van der Waals surface area contributed by atoms with Crippen molar-refractivity contribution in [1.82, 2.24) is 10.2 Å². The Labute approximate surface area is 119 Å². The second-order valence-corrected chi connectivity index (χ2v) is 5.76. The third kappa shape index (κ3) is 2.89. The van der Waals surface area contributed by atoms with E-state index in [9.17, 15) is 4.79 Å². The van der Waals surface area contributed by atoms with Crippen LogP contribution in [0.4, 0.5) is 4.79 Å². The molecule has 2 atom stereocenters. The highest BCUT2D eigenvalue weighted by molar-refractivity contribution is 5.75. The molecule has 0 radical (unpaired) electrons. The molecule has 0 saturated heterocycles. The maximum Gasteiger partial charge on any atom is 0.318 e. The van der Waals surface area contributed by atoms with E-state index in [-0.39, 0.29) is 18.1 Å². The summed E-state index contributed by atoms with van der Waals surface area (Å²) in [5, 5.41) is 3.18. The lowest BCUT2D eigenvalue weighted by molar-refractivity contribution is 0.162. The maximum absolute atomic E-state index is 12.6. The monoisotopic (exact) mass is 274 g/mol. The third-order valence-electron chi connectivity index (χ3n) is 4.14. The number of nitrogens with zero attached hydrogens (tertiary/aromatic N) is 1. The molecule has 2 aliphatic rings. The van der Waals surface area contributed by atoms with E-state index in [4.69, 9.17) is 4.42 Å². The van der Waals surface area contributed by atoms with Crippen LogP contribution in [0.25, 0.3) is 0 Å². The summed E-state index contributed by atoms with van der Waals surface area (Å²) >= 11 is 0. The van der Waals surface area contributed by atoms with Crippen LogP contribution in [0.1, 0.15) is 50.8 Å². The lowest BCUT2D eigenvalue weighted by atomic mass is 10.0. The van der Waals surface area contributed by atoms with Gasteiger partial charge < -0.3 is 14.6 Å². The van der Waals surface area contributed by atoms with E-state index in [1.54, 1.807) is 6.26 Å². The Morgan fingerprint density at radius 3 is 2.85 bits per heavy atom. The predicted octanol–water partition coefficient (Wildman–Crippen LogP) is 3.62. The van der Waals surface area contributed by atoms with Crippen LogP contribution >= 0.6 is 0 Å². The summed E-state index contributed by atoms with van der Waals surface area (Å²) in [6, 6.07) is 4.51. The zero-order chi connectivity index (χ0) is 13.9. The van der Waals surface area contributed by atoms with E-state index >= 15 is 0 Å². The van der Waals surface area contributed by atoms with Crippen LogP contribution in [0, 0.1) is 0 Å². The summed E-state index contributed by atoms with van der Waals surface area (Å²) in [5.74, 6) is 0.857. The molecule has 2 aliphatic carbocycles. The molecule has 1 N–H and O–H groups in total. The van der Waals surface area contributed by atoms with Gasteiger partial charge in [0.2, 0.25) is 0 Å². The number of rotatable bonds is 4. The number of hydrogen-bond acceptors (Lipinski definition) is 2. The van der Waals surface area contributed by atoms with Crippen molar-refractivity contribution in [3.05, 3.63) is 36.3 Å². The first-order chi connectivity index (χ1) is 9.75. The van der Waals surface area contributed by atoms with Gasteiger partial charge in [0.15, 0.2) is 0 Å². The fourth-order valence-corrected chi connectivity index (χ4v) is 2.85. The molecule has 4 nitrogen and oxygen atoms in total. The number of carbonyl (C=O) groups is 1. The van der Waals surface area contributed by atoms with Gasteiger partial charge >= 0.3 is 6.03 Å². The van der Waals surface area contributed by atoms with Crippen molar-refractivity contribution in [3.8, 4) is 0 Å². The van der Waals surface area contributed by atoms with Crippen molar-refractivity contribution in [3.63, 3.8) is 0 Å². The highest BCUT2D eigenvalue weighted by Crippen LogP contribution is 2.34. The van der Waals surface area contributed by atoms with Crippen LogP contribution in [-0.2, 0) is 0 Å². The number of amides is 2. The predicted molar refractivity (Wildman–Crippen MR) is 77.3 cm³/mol. The lowest BCUT2D eigenvalue weighted by Gasteiger charge is -2.30. The molecule has 0 aliphatic heterocycles. The number of nitrogens with one attached hydrogen (secondary N) is 1. The van der Waals surface area contributed by atoms with E-state index in [1.165, 1.54) is 0 Å². The molecule has 1 heterocycles. The molecule has 1 saturated carbocycles. The molecule has 0 aromatic carbocycles. The minimum absolute atomic E-state index is 0.00312. The average Bonchev–Trinajstić information content (AvgIpc) is 3.12. The Kier molecular flexibility index (Phi) is 3.81. The van der Waals surface area contributed by atoms with E-state index in [0.717, 1.165) is 37.9 Å². The van der Waals surface area contributed by atoms with Crippen molar-refractivity contribution in [2.45, 2.75) is 57.2 Å². The SMILES string of the molecule is C[C@@H](c1ccco1)N(C(=O)N[C@H]1CC=CCC1)C1CC1. The quantitative estimate of drug-likeness (QED) is 0.852. The Balaban J connectivity index is 1.67. The van der Waals surface area contributed by atoms with Gasteiger partial charge in [0.1, 0.15) is 5.76 Å². The molecule has 1 aromatic heterocycles. The zero-order valence-corrected chi connectivity index (χ0v) is 11.9. The van der Waals surface area contributed by atoms with Crippen LogP contribution < -0.4 is 5.32 Å². The molecule has 108 valence electrons. The summed E-state index contributed by atoms with van der Waals surface area (Å²) < 4.78 is 5.46. The Morgan fingerprint density at radius 2 is 2.25 bits per heavy atom. The fourth-order valence-electron chi connectivity index (χ4n) is 2.85. The molecular formula is C16H22N2O2. The maximum atomic E-state index is 12.6. The highest BCUT2D eigenvalue weighted by atomic mass is 16.3. The van der Waals surface area contributed by atoms with Crippen molar-refractivity contribution in [2.75, 3.05) is 0 Å². The second kappa shape index (κ2) is 5.73. The molecule has 1 fully saturated rings. The lowest BCUT2D eigenvalue weighted by Crippen LogP contribution is -2.47. The summed E-state index contributed by atoms with van der Waals surface area (Å²) in [7, 11) is 0. The number of furan rings is 1. The zero-order valence-electron chi connectivity index (χ0n) is 11.9. The number of allylic oxidation sites excluding steroid dienone is 1. The first-order valence-corrected chi connectivity index (χ1v) is 7.53. The number of hydrogen-bond donors (Lipinski definition) is 1. The summed E-state index contributed by atoms with van der Waals surface area (Å²) in [6.45, 7) is 2.04. The number of carbonyl (C=O) groups excluding carboxylic acids is 1. The Hall–Kier alpha value is -1.71. The third-order valence-corrected chi connectivity index (χ3v) is 4.14. The summed E-state index contributed by atoms with van der Waals surface area (Å²) in [6.07, 6.45) is 11.3. The van der Waals surface area contributed by atoms with Crippen LogP contribution in [0.3, 0.4) is 0 Å². The topological polar surface area (TPSA) is 45.5 Å². The normalized spacial score (nSPS) is 23.4. The van der Waals surface area contributed by atoms with Gasteiger partial charge in [-0.2, -0.15) is 0 Å². The minimum atomic E-state index is -0.00312. The van der Waals surface area contributed by atoms with Gasteiger partial charge in [0.25, 0.3) is 0 Å². The average molecular weight is 274 g/mol. The minimum Gasteiger partial charge on any atom is -0.467 e. The van der Waals surface area contributed by atoms with Gasteiger partial charge in [-0.05, 0) is 51.2 Å². The van der Waals surface area contributed by atoms with Gasteiger partial charge in [0, 0.05) is 12.1 Å². The standard InChI is InChI=1S/C16H22N2O2/c1-12(15-8-5-11-20-15)18(14-9-10-14)16(19)17-13-6-3-2-4-7-13/h2-3,5,8,11-14H,4,6-7,9-10H2,1H3,(H,17,19)/t12-,13-/m0/s1. The summed E-state index contributed by atoms with van der Waals surface area (Å²) in [5.41, 5.74) is 0. The van der Waals surface area contributed by atoms with E-state index in [0.29, 0.717) is 6.04 Å². The van der Waals surface area contributed by atoms with Gasteiger partial charge in [-0.1, -0.05) is 12.2 Å². The molecule has 1 aromatic rings. The van der Waals surface area contributed by atoms with Gasteiger partial charge in [-0.25, -0.2) is 4.79 Å². The first-order valence-electron chi connectivity index (χ1n) is 7.53. The molecule has 20 heavy (non-hydrogen) atoms. The van der Waals surface area contributed by atoms with Crippen LogP contribution in [0.2, 0.25) is 0 Å². The number of urea groups is 1. The van der Waals surface area contributed by atoms with Crippen molar-refractivity contribution in [1.29, 1.82) is 0 Å². The molecule has 0 unspecified atom stereocenters. The van der Waals surface area contributed by atoms with Crippen molar-refractivity contribution >= 4 is 6.03 Å². The summed E-state index contributed by atoms with van der Waals surface area (Å²) in [4.78, 5) is 14.5. The van der Waals surface area contributed by atoms with Crippen molar-refractivity contribution < 1.29 is 9.21 Å². The van der Waals surface area contributed by atoms with Crippen molar-refractivity contribution in [2.24, 2.45) is 0 Å². The van der Waals surface area contributed by atoms with Gasteiger partial charge in [0.05, 0.1) is 12.3 Å². The van der Waals surface area contributed by atoms with Crippen LogP contribution in [-0.4, -0.2) is 23.0 Å². The van der Waals surface area contributed by atoms with Crippen LogP contribution in [0.5, 0.6) is 0 Å². The molecule has 2 amide bonds. The largest absolute Gasteiger partial charge is 0.467 e. The van der Waals surface area contributed by atoms with Crippen LogP contribution in [0.15, 0.2) is 35.0 Å². The molecule has 4 heteroatoms. The second-order valence-electron chi connectivity index (χ2n) is 5.76. The molecular weight excluding hydrogens is 252 g/mol. The molecule has 0 spiro atoms. The first kappa shape index (κ1) is 13.3. The van der Waals surface area contributed by atoms with Gasteiger partial charge in [-0.15, -0.1) is 0 Å². The Bertz CT molecular complexity index is 477. The van der Waals surface area contributed by atoms with E-state index in [2.05, 4.69) is 17.5 Å². The van der Waals surface area contributed by atoms with E-state index < -0.39 is 0 Å². The highest BCUT2D eigenvalue weighted by Gasteiger charge is 2.37. The smallest absolute Gasteiger partial charge is 0.318 e. The molecule has 3 rings (SSSR count). The molecule has 0 bridgehead atoms. The van der Waals surface area contributed by atoms with E-state index in [1.807, 2.05) is 24.0 Å². The Morgan fingerprint density at radius 1 is 1.40 bits per heavy atom. The van der Waals surface area contributed by atoms with Gasteiger partial charge in [-0.3, -0.25) is 0 Å².